The van der Waals surface area contributed by atoms with Crippen molar-refractivity contribution < 1.29 is 23.4 Å². The molecular weight excluding hydrogens is 332 g/mol. The highest BCUT2D eigenvalue weighted by Gasteiger charge is 2.14. The average molecular weight is 350 g/mol. The molecule has 0 aliphatic carbocycles. The third-order valence-corrected chi connectivity index (χ3v) is 4.37. The van der Waals surface area contributed by atoms with Crippen molar-refractivity contribution in [1.82, 2.24) is 4.83 Å². The molecule has 0 heterocycles. The van der Waals surface area contributed by atoms with Gasteiger partial charge >= 0.3 is 0 Å². The number of sulfonamides is 1. The molecule has 2 aromatic rings. The highest BCUT2D eigenvalue weighted by Crippen LogP contribution is 2.23. The van der Waals surface area contributed by atoms with Gasteiger partial charge in [-0.2, -0.15) is 18.4 Å². The fraction of sp³-hybridized carbons (Fsp3) is 0.188. The van der Waals surface area contributed by atoms with E-state index in [1.807, 2.05) is 6.92 Å². The van der Waals surface area contributed by atoms with Gasteiger partial charge in [-0.25, -0.2) is 0 Å². The van der Waals surface area contributed by atoms with Crippen LogP contribution < -0.4 is 9.57 Å². The highest BCUT2D eigenvalue weighted by atomic mass is 32.2. The van der Waals surface area contributed by atoms with Gasteiger partial charge in [-0.15, -0.1) is 0 Å². The molecule has 0 radical (unpaired) electrons. The Morgan fingerprint density at radius 3 is 2.46 bits per heavy atom. The standard InChI is InChI=1S/C16H18N2O5S/c1-3-23-13-5-7-14(8-6-13)24(21,22)18-17-11(2)15-10-12(19)4-9-16(15)20/h4-10,18-20H,3H2,1-2H3/b17-11+. The normalized spacial score (nSPS) is 12.0. The van der Waals surface area contributed by atoms with Crippen LogP contribution >= 0.6 is 0 Å². The lowest BCUT2D eigenvalue weighted by Crippen LogP contribution is -2.20. The minimum absolute atomic E-state index is 0.0302. The fourth-order valence-corrected chi connectivity index (χ4v) is 2.79. The van der Waals surface area contributed by atoms with E-state index in [4.69, 9.17) is 4.74 Å². The molecule has 0 spiro atoms. The van der Waals surface area contributed by atoms with E-state index in [2.05, 4.69) is 9.93 Å². The van der Waals surface area contributed by atoms with E-state index in [9.17, 15) is 18.6 Å². The first-order chi connectivity index (χ1) is 11.3. The third-order valence-electron chi connectivity index (χ3n) is 3.15. The Morgan fingerprint density at radius 1 is 1.17 bits per heavy atom. The number of hydrogen-bond donors (Lipinski definition) is 3. The number of benzene rings is 2. The summed E-state index contributed by atoms with van der Waals surface area (Å²) in [6, 6.07) is 9.82. The van der Waals surface area contributed by atoms with Crippen molar-refractivity contribution in [3.63, 3.8) is 0 Å². The molecule has 0 amide bonds. The minimum Gasteiger partial charge on any atom is -0.508 e. The predicted octanol–water partition coefficient (Wildman–Crippen LogP) is 2.20. The summed E-state index contributed by atoms with van der Waals surface area (Å²) < 4.78 is 29.7. The maximum atomic E-state index is 12.2. The van der Waals surface area contributed by atoms with Crippen LogP contribution in [0, 0.1) is 0 Å². The maximum Gasteiger partial charge on any atom is 0.276 e. The summed E-state index contributed by atoms with van der Waals surface area (Å²) in [7, 11) is -3.86. The Hall–Kier alpha value is -2.74. The van der Waals surface area contributed by atoms with Gasteiger partial charge in [-0.3, -0.25) is 0 Å². The van der Waals surface area contributed by atoms with Crippen LogP contribution in [0.1, 0.15) is 19.4 Å². The Kier molecular flexibility index (Phi) is 5.30. The zero-order valence-electron chi connectivity index (χ0n) is 13.2. The number of nitrogens with one attached hydrogen (secondary N) is 1. The van der Waals surface area contributed by atoms with Crippen molar-refractivity contribution in [2.24, 2.45) is 5.10 Å². The van der Waals surface area contributed by atoms with Crippen molar-refractivity contribution in [3.8, 4) is 17.2 Å². The monoisotopic (exact) mass is 350 g/mol. The number of ether oxygens (including phenoxy) is 1. The van der Waals surface area contributed by atoms with Crippen molar-refractivity contribution >= 4 is 15.7 Å². The van der Waals surface area contributed by atoms with Crippen LogP contribution in [0.5, 0.6) is 17.2 Å². The summed E-state index contributed by atoms with van der Waals surface area (Å²) >= 11 is 0. The topological polar surface area (TPSA) is 108 Å². The van der Waals surface area contributed by atoms with Gasteiger partial charge < -0.3 is 14.9 Å². The van der Waals surface area contributed by atoms with E-state index in [-0.39, 0.29) is 27.7 Å². The SMILES string of the molecule is CCOc1ccc(S(=O)(=O)N/N=C(\C)c2cc(O)ccc2O)cc1. The van der Waals surface area contributed by atoms with E-state index < -0.39 is 10.0 Å². The van der Waals surface area contributed by atoms with Gasteiger partial charge in [0.2, 0.25) is 0 Å². The van der Waals surface area contributed by atoms with Gasteiger partial charge in [-0.05, 0) is 56.3 Å². The summed E-state index contributed by atoms with van der Waals surface area (Å²) in [5, 5.41) is 23.0. The lowest BCUT2D eigenvalue weighted by Gasteiger charge is -2.08. The number of rotatable bonds is 6. The lowest BCUT2D eigenvalue weighted by molar-refractivity contribution is 0.340. The largest absolute Gasteiger partial charge is 0.508 e. The van der Waals surface area contributed by atoms with Crippen molar-refractivity contribution in [1.29, 1.82) is 0 Å². The van der Waals surface area contributed by atoms with Crippen LogP contribution in [0.3, 0.4) is 0 Å². The first-order valence-corrected chi connectivity index (χ1v) is 8.63. The number of nitrogens with zero attached hydrogens (tertiary/aromatic N) is 1. The van der Waals surface area contributed by atoms with E-state index in [0.717, 1.165) is 0 Å². The second kappa shape index (κ2) is 7.22. The number of phenolic OH excluding ortho intramolecular Hbond substituents is 2. The molecule has 7 nitrogen and oxygen atoms in total. The molecule has 128 valence electrons. The summed E-state index contributed by atoms with van der Waals surface area (Å²) in [5.74, 6) is 0.391. The minimum atomic E-state index is -3.86. The average Bonchev–Trinajstić information content (AvgIpc) is 2.56. The number of phenols is 2. The molecule has 0 saturated carbocycles. The highest BCUT2D eigenvalue weighted by molar-refractivity contribution is 7.89. The summed E-state index contributed by atoms with van der Waals surface area (Å²) in [6.45, 7) is 3.83. The summed E-state index contributed by atoms with van der Waals surface area (Å²) in [5.41, 5.74) is 0.433. The Bertz CT molecular complexity index is 845. The third kappa shape index (κ3) is 4.17. The number of aromatic hydroxyl groups is 2. The molecule has 24 heavy (non-hydrogen) atoms. The first kappa shape index (κ1) is 17.6. The first-order valence-electron chi connectivity index (χ1n) is 7.15. The van der Waals surface area contributed by atoms with Crippen LogP contribution in [-0.2, 0) is 10.0 Å². The Morgan fingerprint density at radius 2 is 1.83 bits per heavy atom. The van der Waals surface area contributed by atoms with Gasteiger partial charge in [0.05, 0.1) is 17.2 Å². The molecule has 2 rings (SSSR count). The molecule has 0 fully saturated rings. The van der Waals surface area contributed by atoms with E-state index in [0.29, 0.717) is 12.4 Å². The van der Waals surface area contributed by atoms with Gasteiger partial charge in [0.25, 0.3) is 10.0 Å². The molecule has 0 unspecified atom stereocenters. The Labute approximate surface area is 140 Å². The van der Waals surface area contributed by atoms with E-state index >= 15 is 0 Å². The van der Waals surface area contributed by atoms with Gasteiger partial charge in [0.15, 0.2) is 0 Å². The second-order valence-corrected chi connectivity index (χ2v) is 6.56. The van der Waals surface area contributed by atoms with Crippen LogP contribution in [0.15, 0.2) is 52.5 Å². The predicted molar refractivity (Wildman–Crippen MR) is 89.9 cm³/mol. The summed E-state index contributed by atoms with van der Waals surface area (Å²) in [4.78, 5) is 2.13. The van der Waals surface area contributed by atoms with Crippen molar-refractivity contribution in [3.05, 3.63) is 48.0 Å². The summed E-state index contributed by atoms with van der Waals surface area (Å²) in [6.07, 6.45) is 0. The van der Waals surface area contributed by atoms with Crippen molar-refractivity contribution in [2.45, 2.75) is 18.7 Å². The van der Waals surface area contributed by atoms with Crippen LogP contribution in [-0.4, -0.2) is 30.9 Å². The number of hydrazone groups is 1. The number of hydrogen-bond acceptors (Lipinski definition) is 6. The zero-order chi connectivity index (χ0) is 17.7. The van der Waals surface area contributed by atoms with E-state index in [1.165, 1.54) is 37.3 Å². The molecule has 0 atom stereocenters. The lowest BCUT2D eigenvalue weighted by atomic mass is 10.1. The Balaban J connectivity index is 2.20. The molecule has 0 aromatic heterocycles. The van der Waals surface area contributed by atoms with Gasteiger partial charge in [-0.1, -0.05) is 0 Å². The molecule has 0 saturated heterocycles. The quantitative estimate of drug-likeness (QED) is 0.420. The van der Waals surface area contributed by atoms with Crippen molar-refractivity contribution in [2.75, 3.05) is 6.61 Å². The molecule has 3 N–H and O–H groups in total. The maximum absolute atomic E-state index is 12.2. The smallest absolute Gasteiger partial charge is 0.276 e. The van der Waals surface area contributed by atoms with Gasteiger partial charge in [0, 0.05) is 5.56 Å². The molecule has 2 aromatic carbocycles. The fourth-order valence-electron chi connectivity index (χ4n) is 1.94. The molecule has 0 aliphatic heterocycles. The molecular formula is C16H18N2O5S. The molecule has 0 aliphatic rings. The van der Waals surface area contributed by atoms with Crippen LogP contribution in [0.4, 0.5) is 0 Å². The van der Waals surface area contributed by atoms with Crippen LogP contribution in [0.25, 0.3) is 0 Å². The molecule has 8 heteroatoms. The molecule has 0 bridgehead atoms. The zero-order valence-corrected chi connectivity index (χ0v) is 14.0. The van der Waals surface area contributed by atoms with E-state index in [1.54, 1.807) is 12.1 Å². The van der Waals surface area contributed by atoms with Gasteiger partial charge in [0.1, 0.15) is 17.2 Å². The second-order valence-electron chi connectivity index (χ2n) is 4.90. The van der Waals surface area contributed by atoms with Crippen LogP contribution in [0.2, 0.25) is 0 Å².